The summed E-state index contributed by atoms with van der Waals surface area (Å²) in [4.78, 5) is 18.9. The minimum atomic E-state index is -1.25. The van der Waals surface area contributed by atoms with Crippen LogP contribution in [0.15, 0.2) is 0 Å². The van der Waals surface area contributed by atoms with Crippen molar-refractivity contribution in [3.05, 3.63) is 11.5 Å². The van der Waals surface area contributed by atoms with Gasteiger partial charge in [0.2, 0.25) is 0 Å². The number of carbonyl (C=O) groups excluding carboxylic acids is 2. The minimum absolute atomic E-state index is 0. The van der Waals surface area contributed by atoms with Gasteiger partial charge in [-0.1, -0.05) is 0 Å². The second-order valence-electron chi connectivity index (χ2n) is 1.36. The van der Waals surface area contributed by atoms with Gasteiger partial charge in [-0.2, -0.15) is 0 Å². The van der Waals surface area contributed by atoms with Gasteiger partial charge >= 0.3 is 0 Å². The zero-order valence-electron chi connectivity index (χ0n) is 6.19. The first-order valence-corrected chi connectivity index (χ1v) is 2.72. The van der Waals surface area contributed by atoms with Gasteiger partial charge in [0, 0.05) is 30.2 Å². The van der Waals surface area contributed by atoms with E-state index in [-0.39, 0.29) is 17.1 Å². The van der Waals surface area contributed by atoms with Crippen molar-refractivity contribution in [1.82, 2.24) is 5.32 Å². The smallest absolute Gasteiger partial charge is 0.155 e. The summed E-state index contributed by atoms with van der Waals surface area (Å²) in [5.41, 5.74) is 21.8. The fourth-order valence-corrected chi connectivity index (χ4v) is 0.103. The van der Waals surface area contributed by atoms with Gasteiger partial charge in [0.05, 0.1) is 0 Å². The molecule has 0 aromatic carbocycles. The van der Waals surface area contributed by atoms with Crippen molar-refractivity contribution in [3.8, 4) is 0 Å². The van der Waals surface area contributed by atoms with E-state index in [0.29, 0.717) is 13.1 Å². The van der Waals surface area contributed by atoms with Crippen molar-refractivity contribution in [2.75, 3.05) is 13.1 Å². The zero-order chi connectivity index (χ0) is 9.28. The molecule has 0 atom stereocenters. The summed E-state index contributed by atoms with van der Waals surface area (Å²) in [6, 6.07) is -2.50. The standard InChI is InChI=1S/C2H5N3O2.C2H8N2.Cu/c3-1(6)5-2(4)7;3-1-2-4;/h(H5,3,4,5,6,7);1-4H2;/p-2. The molecule has 0 bridgehead atoms. The molecule has 8 heteroatoms. The van der Waals surface area contributed by atoms with Gasteiger partial charge in [-0.15, -0.1) is 0 Å². The Morgan fingerprint density at radius 1 is 1.08 bits per heavy atom. The monoisotopic (exact) mass is 224 g/mol. The van der Waals surface area contributed by atoms with Crippen LogP contribution in [-0.2, 0) is 17.1 Å². The van der Waals surface area contributed by atoms with Gasteiger partial charge in [-0.3, -0.25) is 9.59 Å². The molecule has 0 aromatic heterocycles. The van der Waals surface area contributed by atoms with Crippen molar-refractivity contribution >= 4 is 12.1 Å². The van der Waals surface area contributed by atoms with Crippen LogP contribution in [0.3, 0.4) is 0 Å². The topological polar surface area (TPSA) is 146 Å². The van der Waals surface area contributed by atoms with Crippen LogP contribution in [-0.4, -0.2) is 25.2 Å². The van der Waals surface area contributed by atoms with Gasteiger partial charge < -0.3 is 28.3 Å². The summed E-state index contributed by atoms with van der Waals surface area (Å²) < 4.78 is 0. The van der Waals surface area contributed by atoms with E-state index in [2.05, 4.69) is 0 Å². The predicted molar refractivity (Wildman–Crippen MR) is 40.7 cm³/mol. The molecule has 0 aromatic rings. The Kier molecular flexibility index (Phi) is 18.5. The molecule has 1 radical (unpaired) electrons. The zero-order valence-corrected chi connectivity index (χ0v) is 7.13. The maximum absolute atomic E-state index is 9.47. The predicted octanol–water partition coefficient (Wildman–Crippen LogP) is -0.178. The minimum Gasteiger partial charge on any atom is -0.447 e. The van der Waals surface area contributed by atoms with Crippen molar-refractivity contribution in [2.24, 2.45) is 11.5 Å². The first-order valence-electron chi connectivity index (χ1n) is 2.72. The van der Waals surface area contributed by atoms with E-state index in [0.717, 1.165) is 0 Å². The molecule has 0 rings (SSSR count). The molecule has 7 N–H and O–H groups in total. The summed E-state index contributed by atoms with van der Waals surface area (Å²) in [5.74, 6) is 0. The van der Waals surface area contributed by atoms with Crippen molar-refractivity contribution in [1.29, 1.82) is 0 Å². The summed E-state index contributed by atoms with van der Waals surface area (Å²) in [5, 5.41) is 1.36. The molecule has 0 aliphatic carbocycles. The number of amides is 4. The number of nitrogens with two attached hydrogens (primary N) is 2. The van der Waals surface area contributed by atoms with Crippen LogP contribution in [0.2, 0.25) is 0 Å². The third-order valence-electron chi connectivity index (χ3n) is 0.394. The third-order valence-corrected chi connectivity index (χ3v) is 0.394. The van der Waals surface area contributed by atoms with Crippen LogP contribution >= 0.6 is 0 Å². The molecule has 0 fully saturated rings. The van der Waals surface area contributed by atoms with E-state index in [1.807, 2.05) is 0 Å². The number of urea groups is 2. The van der Waals surface area contributed by atoms with Crippen LogP contribution in [0.1, 0.15) is 0 Å². The molecule has 0 unspecified atom stereocenters. The number of nitrogens with one attached hydrogen (secondary N) is 3. The fourth-order valence-electron chi connectivity index (χ4n) is 0.103. The molecule has 7 nitrogen and oxygen atoms in total. The van der Waals surface area contributed by atoms with E-state index in [9.17, 15) is 9.59 Å². The Hall–Kier alpha value is -0.821. The Morgan fingerprint density at radius 2 is 1.33 bits per heavy atom. The maximum Gasteiger partial charge on any atom is 0.155 e. The molecule has 0 aliphatic rings. The van der Waals surface area contributed by atoms with E-state index < -0.39 is 12.1 Å². The SMILES string of the molecule is NCCN.[Cu].[NH-]C(=O)NC([NH-])=O. The van der Waals surface area contributed by atoms with E-state index in [1.165, 1.54) is 5.32 Å². The van der Waals surface area contributed by atoms with Gasteiger partial charge in [0.1, 0.15) is 0 Å². The molecule has 4 amide bonds. The van der Waals surface area contributed by atoms with Crippen LogP contribution in [0.5, 0.6) is 0 Å². The molecule has 0 heterocycles. The number of rotatable bonds is 1. The van der Waals surface area contributed by atoms with E-state index >= 15 is 0 Å². The molecule has 12 heavy (non-hydrogen) atoms. The Bertz CT molecular complexity index is 117. The van der Waals surface area contributed by atoms with Crippen molar-refractivity contribution in [2.45, 2.75) is 0 Å². The van der Waals surface area contributed by atoms with Gasteiger partial charge in [0.25, 0.3) is 0 Å². The number of imide groups is 1. The van der Waals surface area contributed by atoms with Crippen LogP contribution in [0.4, 0.5) is 9.59 Å². The molecule has 0 aliphatic heterocycles. The fraction of sp³-hybridized carbons (Fsp3) is 0.500. The summed E-state index contributed by atoms with van der Waals surface area (Å²) in [6.07, 6.45) is 0. The first kappa shape index (κ1) is 17.3. The molecular formula is C4H11CuN5O2-2. The average Bonchev–Trinajstić information content (AvgIpc) is 1.85. The second kappa shape index (κ2) is 12.8. The largest absolute Gasteiger partial charge is 0.447 e. The first-order chi connectivity index (χ1) is 5.04. The molecule has 0 saturated carbocycles. The quantitative estimate of drug-likeness (QED) is 0.530. The van der Waals surface area contributed by atoms with Crippen molar-refractivity contribution in [3.63, 3.8) is 0 Å². The normalized spacial score (nSPS) is 6.83. The summed E-state index contributed by atoms with van der Waals surface area (Å²) >= 11 is 0. The second-order valence-corrected chi connectivity index (χ2v) is 1.36. The van der Waals surface area contributed by atoms with E-state index in [1.54, 1.807) is 0 Å². The molecule has 77 valence electrons. The van der Waals surface area contributed by atoms with Gasteiger partial charge in [0.15, 0.2) is 12.1 Å². The maximum atomic E-state index is 9.47. The van der Waals surface area contributed by atoms with E-state index in [4.69, 9.17) is 22.9 Å². The molecule has 0 spiro atoms. The Morgan fingerprint density at radius 3 is 1.33 bits per heavy atom. The summed E-state index contributed by atoms with van der Waals surface area (Å²) in [7, 11) is 0. The average molecular weight is 225 g/mol. The summed E-state index contributed by atoms with van der Waals surface area (Å²) in [6.45, 7) is 1.19. The van der Waals surface area contributed by atoms with Crippen LogP contribution in [0.25, 0.3) is 11.5 Å². The van der Waals surface area contributed by atoms with Crippen LogP contribution < -0.4 is 16.8 Å². The Labute approximate surface area is 80.7 Å². The van der Waals surface area contributed by atoms with Crippen LogP contribution in [0, 0.1) is 0 Å². The molecule has 0 saturated heterocycles. The van der Waals surface area contributed by atoms with Gasteiger partial charge in [-0.25, -0.2) is 0 Å². The van der Waals surface area contributed by atoms with Crippen molar-refractivity contribution < 1.29 is 26.7 Å². The molecular weight excluding hydrogens is 214 g/mol. The number of hydrogen-bond donors (Lipinski definition) is 3. The Balaban J connectivity index is -0.000000142. The number of carbonyl (C=O) groups is 2. The van der Waals surface area contributed by atoms with Gasteiger partial charge in [-0.05, 0) is 0 Å². The number of hydrogen-bond acceptors (Lipinski definition) is 4. The third kappa shape index (κ3) is 35.2.